The van der Waals surface area contributed by atoms with E-state index in [0.29, 0.717) is 17.9 Å². The standard InChI is InChI=1S/C12H10N4O/c13-7-10-5-6-15-16-12(10)17-8-9-1-3-11(14)4-2-9/h1-6H,8,14H2. The molecule has 84 valence electrons. The van der Waals surface area contributed by atoms with E-state index in [-0.39, 0.29) is 5.88 Å². The van der Waals surface area contributed by atoms with Crippen molar-refractivity contribution in [2.24, 2.45) is 0 Å². The van der Waals surface area contributed by atoms with Crippen LogP contribution in [0.1, 0.15) is 11.1 Å². The Bertz CT molecular complexity index is 545. The molecule has 5 nitrogen and oxygen atoms in total. The summed E-state index contributed by atoms with van der Waals surface area (Å²) >= 11 is 0. The number of nitrogen functional groups attached to an aromatic ring is 1. The van der Waals surface area contributed by atoms with Crippen LogP contribution in [0, 0.1) is 11.3 Å². The number of rotatable bonds is 3. The minimum Gasteiger partial charge on any atom is -0.471 e. The van der Waals surface area contributed by atoms with Crippen molar-refractivity contribution in [1.82, 2.24) is 10.2 Å². The van der Waals surface area contributed by atoms with Gasteiger partial charge in [0.05, 0.1) is 6.20 Å². The Morgan fingerprint density at radius 2 is 2.00 bits per heavy atom. The summed E-state index contributed by atoms with van der Waals surface area (Å²) < 4.78 is 5.42. The van der Waals surface area contributed by atoms with Crippen molar-refractivity contribution >= 4 is 5.69 Å². The average Bonchev–Trinajstić information content (AvgIpc) is 2.38. The van der Waals surface area contributed by atoms with E-state index in [9.17, 15) is 0 Å². The molecule has 2 aromatic rings. The van der Waals surface area contributed by atoms with Gasteiger partial charge in [-0.15, -0.1) is 5.10 Å². The first-order chi connectivity index (χ1) is 8.29. The van der Waals surface area contributed by atoms with E-state index in [4.69, 9.17) is 15.7 Å². The highest BCUT2D eigenvalue weighted by Crippen LogP contribution is 2.14. The summed E-state index contributed by atoms with van der Waals surface area (Å²) in [4.78, 5) is 0. The van der Waals surface area contributed by atoms with E-state index in [1.807, 2.05) is 18.2 Å². The molecule has 0 spiro atoms. The Hall–Kier alpha value is -2.61. The van der Waals surface area contributed by atoms with Crippen LogP contribution >= 0.6 is 0 Å². The molecule has 0 atom stereocenters. The third-order valence-corrected chi connectivity index (χ3v) is 2.16. The molecule has 0 aliphatic heterocycles. The Morgan fingerprint density at radius 1 is 1.24 bits per heavy atom. The van der Waals surface area contributed by atoms with Crippen LogP contribution in [0.5, 0.6) is 5.88 Å². The van der Waals surface area contributed by atoms with Crippen molar-refractivity contribution < 1.29 is 4.74 Å². The normalized spacial score (nSPS) is 9.59. The van der Waals surface area contributed by atoms with Gasteiger partial charge < -0.3 is 10.5 Å². The predicted octanol–water partition coefficient (Wildman–Crippen LogP) is 1.51. The lowest BCUT2D eigenvalue weighted by molar-refractivity contribution is 0.289. The highest BCUT2D eigenvalue weighted by atomic mass is 16.5. The molecule has 1 aromatic carbocycles. The van der Waals surface area contributed by atoms with E-state index >= 15 is 0 Å². The SMILES string of the molecule is N#Cc1ccnnc1OCc1ccc(N)cc1. The lowest BCUT2D eigenvalue weighted by Crippen LogP contribution is -2.00. The fraction of sp³-hybridized carbons (Fsp3) is 0.0833. The van der Waals surface area contributed by atoms with Crippen molar-refractivity contribution in [3.05, 3.63) is 47.7 Å². The molecule has 0 saturated carbocycles. The van der Waals surface area contributed by atoms with Crippen LogP contribution in [0.2, 0.25) is 0 Å². The van der Waals surface area contributed by atoms with Crippen LogP contribution in [-0.2, 0) is 6.61 Å². The molecule has 0 aliphatic carbocycles. The third kappa shape index (κ3) is 2.69. The summed E-state index contributed by atoms with van der Waals surface area (Å²) in [5, 5.41) is 16.3. The average molecular weight is 226 g/mol. The lowest BCUT2D eigenvalue weighted by atomic mass is 10.2. The number of nitriles is 1. The fourth-order valence-electron chi connectivity index (χ4n) is 1.28. The highest BCUT2D eigenvalue weighted by molar-refractivity contribution is 5.39. The van der Waals surface area contributed by atoms with Crippen molar-refractivity contribution in [3.63, 3.8) is 0 Å². The number of nitrogens with two attached hydrogens (primary N) is 1. The Morgan fingerprint density at radius 3 is 2.71 bits per heavy atom. The summed E-state index contributed by atoms with van der Waals surface area (Å²) in [7, 11) is 0. The van der Waals surface area contributed by atoms with Gasteiger partial charge in [0.2, 0.25) is 0 Å². The van der Waals surface area contributed by atoms with Crippen LogP contribution < -0.4 is 10.5 Å². The number of hydrogen-bond donors (Lipinski definition) is 1. The van der Waals surface area contributed by atoms with E-state index in [1.54, 1.807) is 18.2 Å². The van der Waals surface area contributed by atoms with Crippen LogP contribution in [0.4, 0.5) is 5.69 Å². The summed E-state index contributed by atoms with van der Waals surface area (Å²) in [6.07, 6.45) is 1.45. The maximum atomic E-state index is 8.84. The van der Waals surface area contributed by atoms with Gasteiger partial charge in [-0.05, 0) is 23.8 Å². The van der Waals surface area contributed by atoms with Crippen LogP contribution in [0.25, 0.3) is 0 Å². The Labute approximate surface area is 98.5 Å². The van der Waals surface area contributed by atoms with Gasteiger partial charge in [0.15, 0.2) is 0 Å². The van der Waals surface area contributed by atoms with Crippen molar-refractivity contribution in [2.75, 3.05) is 5.73 Å². The highest BCUT2D eigenvalue weighted by Gasteiger charge is 2.04. The monoisotopic (exact) mass is 226 g/mol. The number of hydrogen-bond acceptors (Lipinski definition) is 5. The molecule has 0 fully saturated rings. The van der Waals surface area contributed by atoms with E-state index in [0.717, 1.165) is 5.56 Å². The second-order valence-electron chi connectivity index (χ2n) is 3.39. The van der Waals surface area contributed by atoms with Crippen LogP contribution in [-0.4, -0.2) is 10.2 Å². The van der Waals surface area contributed by atoms with Crippen molar-refractivity contribution in [1.29, 1.82) is 5.26 Å². The topological polar surface area (TPSA) is 84.8 Å². The van der Waals surface area contributed by atoms with Gasteiger partial charge in [-0.25, -0.2) is 0 Å². The Kier molecular flexibility index (Phi) is 3.17. The second kappa shape index (κ2) is 4.94. The number of aromatic nitrogens is 2. The van der Waals surface area contributed by atoms with Gasteiger partial charge in [-0.2, -0.15) is 10.4 Å². The van der Waals surface area contributed by atoms with Gasteiger partial charge >= 0.3 is 0 Å². The van der Waals surface area contributed by atoms with Crippen molar-refractivity contribution in [2.45, 2.75) is 6.61 Å². The minimum absolute atomic E-state index is 0.242. The molecular weight excluding hydrogens is 216 g/mol. The number of benzene rings is 1. The summed E-state index contributed by atoms with van der Waals surface area (Å²) in [5.74, 6) is 0.242. The van der Waals surface area contributed by atoms with Crippen molar-refractivity contribution in [3.8, 4) is 11.9 Å². The maximum Gasteiger partial charge on any atom is 0.251 e. The van der Waals surface area contributed by atoms with Gasteiger partial charge in [-0.3, -0.25) is 0 Å². The molecule has 0 unspecified atom stereocenters. The number of nitrogens with zero attached hydrogens (tertiary/aromatic N) is 3. The molecule has 0 aliphatic rings. The van der Waals surface area contributed by atoms with Gasteiger partial charge in [0.1, 0.15) is 18.2 Å². The van der Waals surface area contributed by atoms with E-state index < -0.39 is 0 Å². The van der Waals surface area contributed by atoms with Crippen LogP contribution in [0.3, 0.4) is 0 Å². The zero-order valence-electron chi connectivity index (χ0n) is 9.00. The first-order valence-corrected chi connectivity index (χ1v) is 4.98. The molecule has 0 saturated heterocycles. The zero-order valence-corrected chi connectivity index (χ0v) is 9.00. The van der Waals surface area contributed by atoms with Crippen LogP contribution in [0.15, 0.2) is 36.5 Å². The molecular formula is C12H10N4O. The molecule has 1 heterocycles. The number of anilines is 1. The maximum absolute atomic E-state index is 8.84. The smallest absolute Gasteiger partial charge is 0.251 e. The molecule has 0 amide bonds. The largest absolute Gasteiger partial charge is 0.471 e. The van der Waals surface area contributed by atoms with Gasteiger partial charge in [0, 0.05) is 5.69 Å². The van der Waals surface area contributed by atoms with E-state index in [2.05, 4.69) is 10.2 Å². The predicted molar refractivity (Wildman–Crippen MR) is 61.9 cm³/mol. The lowest BCUT2D eigenvalue weighted by Gasteiger charge is -2.05. The molecule has 0 bridgehead atoms. The van der Waals surface area contributed by atoms with Gasteiger partial charge in [-0.1, -0.05) is 12.1 Å². The quantitative estimate of drug-likeness (QED) is 0.802. The molecule has 17 heavy (non-hydrogen) atoms. The number of ether oxygens (including phenoxy) is 1. The summed E-state index contributed by atoms with van der Waals surface area (Å²) in [6, 6.07) is 10.9. The molecule has 2 rings (SSSR count). The zero-order chi connectivity index (χ0) is 12.1. The molecule has 2 N–H and O–H groups in total. The van der Waals surface area contributed by atoms with E-state index in [1.165, 1.54) is 6.20 Å². The first kappa shape index (κ1) is 10.9. The molecule has 5 heteroatoms. The third-order valence-electron chi connectivity index (χ3n) is 2.16. The van der Waals surface area contributed by atoms with Gasteiger partial charge in [0.25, 0.3) is 5.88 Å². The molecule has 1 aromatic heterocycles. The first-order valence-electron chi connectivity index (χ1n) is 4.98. The minimum atomic E-state index is 0.242. The Balaban J connectivity index is 2.08. The second-order valence-corrected chi connectivity index (χ2v) is 3.39. The summed E-state index contributed by atoms with van der Waals surface area (Å²) in [6.45, 7) is 0.327. The fourth-order valence-corrected chi connectivity index (χ4v) is 1.28. The molecule has 0 radical (unpaired) electrons. The summed E-state index contributed by atoms with van der Waals surface area (Å²) in [5.41, 5.74) is 7.60.